The molecule has 23 heteroatoms. The van der Waals surface area contributed by atoms with Crippen LogP contribution in [0, 0.1) is 5.92 Å². The van der Waals surface area contributed by atoms with Gasteiger partial charge in [-0.2, -0.15) is 0 Å². The Morgan fingerprint density at radius 1 is 0.873 bits per heavy atom. The molecule has 0 aromatic heterocycles. The summed E-state index contributed by atoms with van der Waals surface area (Å²) in [5.74, 6) is -9.87. The van der Waals surface area contributed by atoms with Gasteiger partial charge in [0.25, 0.3) is 0 Å². The molecule has 0 spiro atoms. The van der Waals surface area contributed by atoms with E-state index in [9.17, 15) is 53.7 Å². The number of carboxylic acids is 1. The topological polar surface area (TPSA) is 355 Å². The van der Waals surface area contributed by atoms with Gasteiger partial charge >= 0.3 is 11.9 Å². The number of hydrogen-bond donors (Lipinski definition) is 10. The maximum absolute atomic E-state index is 15.1. The van der Waals surface area contributed by atoms with E-state index in [1.165, 1.54) is 38.2 Å². The number of hydrogen-bond acceptors (Lipinski definition) is 13. The summed E-state index contributed by atoms with van der Waals surface area (Å²) >= 11 is 0. The lowest BCUT2D eigenvalue weighted by atomic mass is 9.95. The van der Waals surface area contributed by atoms with Crippen molar-refractivity contribution in [3.8, 4) is 5.75 Å². The molecule has 2 fully saturated rings. The molecule has 10 atom stereocenters. The van der Waals surface area contributed by atoms with Crippen LogP contribution in [0.1, 0.15) is 90.2 Å². The van der Waals surface area contributed by atoms with Crippen molar-refractivity contribution >= 4 is 59.2 Å². The van der Waals surface area contributed by atoms with Gasteiger partial charge < -0.3 is 67.9 Å². The first-order valence-corrected chi connectivity index (χ1v) is 23.7. The number of aromatic hydroxyl groups is 1. The largest absolute Gasteiger partial charge is 0.508 e. The number of phenols is 1. The third-order valence-electron chi connectivity index (χ3n) is 12.5. The molecule has 2 aliphatic heterocycles. The fourth-order valence-corrected chi connectivity index (χ4v) is 8.27. The monoisotopic (exact) mass is 992 g/mol. The molecule has 4 rings (SSSR count). The first kappa shape index (κ1) is 56.3. The molecule has 71 heavy (non-hydrogen) atoms. The summed E-state index contributed by atoms with van der Waals surface area (Å²) < 4.78 is 5.87. The normalized spacial score (nSPS) is 24.6. The van der Waals surface area contributed by atoms with Gasteiger partial charge in [-0.25, -0.2) is 4.79 Å². The van der Waals surface area contributed by atoms with Gasteiger partial charge in [-0.1, -0.05) is 69.7 Å². The number of carbonyl (C=O) groups is 9. The Hall–Kier alpha value is -7.30. The number of rotatable bonds is 17. The van der Waals surface area contributed by atoms with Crippen LogP contribution in [0.5, 0.6) is 5.75 Å². The second-order valence-electron chi connectivity index (χ2n) is 17.9. The summed E-state index contributed by atoms with van der Waals surface area (Å²) in [6, 6.07) is 3.65. The number of nitrogens with one attached hydrogen (secondary N) is 5. The second-order valence-corrected chi connectivity index (χ2v) is 17.9. The van der Waals surface area contributed by atoms with Crippen LogP contribution in [0.3, 0.4) is 0 Å². The summed E-state index contributed by atoms with van der Waals surface area (Å²) in [7, 11) is 1.34. The molecule has 0 saturated carbocycles. The van der Waals surface area contributed by atoms with Crippen LogP contribution < -0.4 is 38.1 Å². The number of cyclic esters (lactones) is 1. The van der Waals surface area contributed by atoms with Gasteiger partial charge in [0.05, 0.1) is 6.42 Å². The van der Waals surface area contributed by atoms with Crippen molar-refractivity contribution in [3.05, 3.63) is 65.7 Å². The first-order chi connectivity index (χ1) is 33.6. The zero-order chi connectivity index (χ0) is 52.5. The number of amides is 7. The number of aliphatic hydroxyl groups is 1. The van der Waals surface area contributed by atoms with Crippen LogP contribution in [-0.2, 0) is 60.7 Å². The summed E-state index contributed by atoms with van der Waals surface area (Å²) in [5.41, 5.74) is 12.1. The van der Waals surface area contributed by atoms with Gasteiger partial charge in [-0.15, -0.1) is 0 Å². The van der Waals surface area contributed by atoms with E-state index < -0.39 is 120 Å². The number of nitrogens with zero attached hydrogens (tertiary/aromatic N) is 3. The number of piperidine rings is 1. The molecule has 2 heterocycles. The van der Waals surface area contributed by atoms with Crippen LogP contribution in [0.15, 0.2) is 59.6 Å². The van der Waals surface area contributed by atoms with E-state index in [0.717, 1.165) is 9.80 Å². The summed E-state index contributed by atoms with van der Waals surface area (Å²) in [6.45, 7) is 6.29. The van der Waals surface area contributed by atoms with Crippen molar-refractivity contribution in [2.45, 2.75) is 147 Å². The van der Waals surface area contributed by atoms with E-state index in [1.54, 1.807) is 51.1 Å². The van der Waals surface area contributed by atoms with Crippen molar-refractivity contribution in [2.75, 3.05) is 13.6 Å². The first-order valence-electron chi connectivity index (χ1n) is 23.7. The Labute approximate surface area is 411 Å². The van der Waals surface area contributed by atoms with Crippen molar-refractivity contribution in [1.29, 1.82) is 0 Å². The Kier molecular flexibility index (Phi) is 21.1. The smallest absolute Gasteiger partial charge is 0.329 e. The molecule has 0 unspecified atom stereocenters. The predicted molar refractivity (Wildman–Crippen MR) is 256 cm³/mol. The molecule has 2 aliphatic rings. The van der Waals surface area contributed by atoms with E-state index in [1.807, 2.05) is 0 Å². The molecular formula is C48H68N10O13. The number of esters is 1. The number of aliphatic imine (C=N–C) groups is 1. The number of aliphatic carboxylic acids is 1. The lowest BCUT2D eigenvalue weighted by Gasteiger charge is -2.43. The highest BCUT2D eigenvalue weighted by Gasteiger charge is 2.46. The van der Waals surface area contributed by atoms with Crippen LogP contribution in [0.4, 0.5) is 0 Å². The Morgan fingerprint density at radius 2 is 1.52 bits per heavy atom. The minimum atomic E-state index is -1.89. The Balaban J connectivity index is 1.91. The van der Waals surface area contributed by atoms with Crippen LogP contribution >= 0.6 is 0 Å². The number of nitrogens with two attached hydrogens (primary N) is 2. The number of phenolic OH excluding ortho intramolecular Hbond substituents is 1. The highest BCUT2D eigenvalue weighted by molar-refractivity contribution is 5.99. The number of aliphatic hydroxyl groups excluding tert-OH is 1. The quantitative estimate of drug-likeness (QED) is 0.0396. The van der Waals surface area contributed by atoms with Gasteiger partial charge in [0.1, 0.15) is 60.4 Å². The number of fused-ring (bicyclic) bond motifs is 2. The number of likely N-dealkylation sites (N-methyl/N-ethyl adjacent to an activating group) is 1. The molecule has 0 radical (unpaired) electrons. The third-order valence-corrected chi connectivity index (χ3v) is 12.5. The fourth-order valence-electron chi connectivity index (χ4n) is 8.27. The van der Waals surface area contributed by atoms with Crippen molar-refractivity contribution in [1.82, 2.24) is 36.4 Å². The predicted octanol–water partition coefficient (Wildman–Crippen LogP) is -0.942. The molecule has 2 aromatic rings. The molecule has 12 N–H and O–H groups in total. The zero-order valence-electron chi connectivity index (χ0n) is 40.7. The highest BCUT2D eigenvalue weighted by Crippen LogP contribution is 2.26. The fraction of sp³-hybridized carbons (Fsp3) is 0.542. The molecule has 7 amide bonds. The van der Waals surface area contributed by atoms with E-state index in [2.05, 4.69) is 31.6 Å². The van der Waals surface area contributed by atoms with E-state index >= 15 is 4.79 Å². The van der Waals surface area contributed by atoms with Gasteiger partial charge in [0, 0.05) is 32.9 Å². The molecular weight excluding hydrogens is 925 g/mol. The molecule has 23 nitrogen and oxygen atoms in total. The molecule has 2 aromatic carbocycles. The van der Waals surface area contributed by atoms with E-state index in [0.29, 0.717) is 17.5 Å². The molecule has 388 valence electrons. The summed E-state index contributed by atoms with van der Waals surface area (Å²) in [4.78, 5) is 132. The van der Waals surface area contributed by atoms with Crippen LogP contribution in [-0.4, -0.2) is 153 Å². The average Bonchev–Trinajstić information content (AvgIpc) is 3.32. The van der Waals surface area contributed by atoms with Crippen LogP contribution in [0.25, 0.3) is 0 Å². The Bertz CT molecular complexity index is 2240. The molecule has 2 saturated heterocycles. The maximum atomic E-state index is 15.1. The maximum Gasteiger partial charge on any atom is 0.329 e. The zero-order valence-corrected chi connectivity index (χ0v) is 40.7. The summed E-state index contributed by atoms with van der Waals surface area (Å²) in [5, 5.41) is 44.0. The SMILES string of the molecule is CCCC(=O)N[C@@H](CC(=O)O)C(=O)N[C@@H]1C(=O)N[C@@H](CCCN=C(N)N)C(=O)N[C@H]2CC[C@@H](O)N(C2=O)[C@@H](Cc2ccccc2)C(=O)N(C)[C@@H](Cc2ccc(O)cc2)C(=O)N[C@@H]([C@@H](C)CC)C(=O)O[C@@H]1C. The lowest BCUT2D eigenvalue weighted by Crippen LogP contribution is -2.65. The van der Waals surface area contributed by atoms with Gasteiger partial charge in [-0.05, 0) is 68.2 Å². The number of carboxylic acid groups (broad SMARTS) is 1. The molecule has 2 bridgehead atoms. The van der Waals surface area contributed by atoms with Crippen molar-refractivity contribution in [3.63, 3.8) is 0 Å². The average molecular weight is 993 g/mol. The van der Waals surface area contributed by atoms with E-state index in [4.69, 9.17) is 16.2 Å². The standard InChI is InChI=1S/C48H68N10O13/c1-6-12-36(60)52-33(25-38(62)63)42(65)56-40-27(4)71-47(70)39(26(3)7-2)55-43(66)34(23-29-16-18-30(59)19-17-29)57(5)46(69)35(24-28-13-9-8-10-14-28)58-37(61)21-20-32(45(58)68)54-41(64)31(53-44(40)67)15-11-22-51-48(49)50/h8-10,13-14,16-19,26-27,31-35,37,39-40,59,61H,6-7,11-12,15,20-25H2,1-5H3,(H,52,60)(H,53,67)(H,54,64)(H,55,66)(H,56,65)(H,62,63)(H4,49,50,51)/t26-,27+,31-,32-,33-,34-,35-,37+,39-,40-/m0/s1. The van der Waals surface area contributed by atoms with Gasteiger partial charge in [-0.3, -0.25) is 43.3 Å². The molecule has 0 aliphatic carbocycles. The summed E-state index contributed by atoms with van der Waals surface area (Å²) in [6.07, 6.45) is -4.13. The minimum Gasteiger partial charge on any atom is -0.508 e. The minimum absolute atomic E-state index is 0.0138. The highest BCUT2D eigenvalue weighted by atomic mass is 16.5. The van der Waals surface area contributed by atoms with Gasteiger partial charge in [0.15, 0.2) is 5.96 Å². The number of carbonyl (C=O) groups excluding carboxylic acids is 8. The van der Waals surface area contributed by atoms with Crippen LogP contribution in [0.2, 0.25) is 0 Å². The van der Waals surface area contributed by atoms with Crippen molar-refractivity contribution < 1.29 is 63.2 Å². The number of benzene rings is 2. The van der Waals surface area contributed by atoms with Gasteiger partial charge in [0.2, 0.25) is 41.4 Å². The van der Waals surface area contributed by atoms with Crippen molar-refractivity contribution in [2.24, 2.45) is 22.4 Å². The van der Waals surface area contributed by atoms with E-state index in [-0.39, 0.29) is 69.6 Å². The third kappa shape index (κ3) is 16.1. The second kappa shape index (κ2) is 26.6. The Morgan fingerprint density at radius 3 is 2.14 bits per heavy atom. The number of ether oxygens (including phenoxy) is 1. The lowest BCUT2D eigenvalue weighted by molar-refractivity contribution is -0.165. The number of guanidine groups is 1.